The molecular formula is C25H21N3O3. The highest BCUT2D eigenvalue weighted by molar-refractivity contribution is 6.40. The Balaban J connectivity index is 1.33. The van der Waals surface area contributed by atoms with Crippen LogP contribution < -0.4 is 15.4 Å². The third-order valence-corrected chi connectivity index (χ3v) is 4.69. The molecule has 4 aromatic rings. The molecule has 154 valence electrons. The topological polar surface area (TPSA) is 80.3 Å². The second-order valence-electron chi connectivity index (χ2n) is 6.94. The molecular weight excluding hydrogens is 390 g/mol. The number of hydrogen-bond donors (Lipinski definition) is 2. The molecule has 0 unspecified atom stereocenters. The molecule has 0 aliphatic heterocycles. The quantitative estimate of drug-likeness (QED) is 0.469. The minimum absolute atomic E-state index is 0.211. The summed E-state index contributed by atoms with van der Waals surface area (Å²) in [4.78, 5) is 28.9. The lowest BCUT2D eigenvalue weighted by atomic mass is 10.2. The van der Waals surface area contributed by atoms with Crippen LogP contribution in [0.5, 0.6) is 5.75 Å². The van der Waals surface area contributed by atoms with Crippen LogP contribution in [0.2, 0.25) is 0 Å². The van der Waals surface area contributed by atoms with Crippen LogP contribution in [0.1, 0.15) is 11.1 Å². The Kier molecular flexibility index (Phi) is 6.18. The zero-order valence-electron chi connectivity index (χ0n) is 16.7. The zero-order chi connectivity index (χ0) is 21.5. The van der Waals surface area contributed by atoms with Crippen LogP contribution in [-0.4, -0.2) is 16.8 Å². The maximum Gasteiger partial charge on any atom is 0.313 e. The summed E-state index contributed by atoms with van der Waals surface area (Å²) in [5.41, 5.74) is 3.03. The lowest BCUT2D eigenvalue weighted by molar-refractivity contribution is -0.136. The van der Waals surface area contributed by atoms with E-state index in [0.717, 1.165) is 16.5 Å². The Morgan fingerprint density at radius 2 is 1.58 bits per heavy atom. The second kappa shape index (κ2) is 9.54. The van der Waals surface area contributed by atoms with Crippen LogP contribution >= 0.6 is 0 Å². The molecule has 2 N–H and O–H groups in total. The summed E-state index contributed by atoms with van der Waals surface area (Å²) < 4.78 is 5.81. The van der Waals surface area contributed by atoms with Crippen molar-refractivity contribution in [2.24, 2.45) is 0 Å². The molecule has 1 heterocycles. The van der Waals surface area contributed by atoms with Crippen LogP contribution in [0, 0.1) is 0 Å². The van der Waals surface area contributed by atoms with Crippen molar-refractivity contribution in [3.8, 4) is 5.75 Å². The number of rotatable bonds is 6. The number of amides is 2. The average molecular weight is 411 g/mol. The minimum Gasteiger partial charge on any atom is -0.489 e. The summed E-state index contributed by atoms with van der Waals surface area (Å²) >= 11 is 0. The average Bonchev–Trinajstić information content (AvgIpc) is 2.82. The van der Waals surface area contributed by atoms with Crippen LogP contribution in [0.25, 0.3) is 10.9 Å². The number of carbonyl (C=O) groups excluding carboxylic acids is 2. The van der Waals surface area contributed by atoms with Crippen LogP contribution in [0.4, 0.5) is 5.69 Å². The first-order valence-corrected chi connectivity index (χ1v) is 9.87. The molecule has 0 aliphatic rings. The summed E-state index contributed by atoms with van der Waals surface area (Å²) in [6.45, 7) is 0.667. The van der Waals surface area contributed by atoms with Gasteiger partial charge >= 0.3 is 11.8 Å². The van der Waals surface area contributed by atoms with E-state index >= 15 is 0 Å². The Morgan fingerprint density at radius 3 is 2.45 bits per heavy atom. The predicted molar refractivity (Wildman–Crippen MR) is 119 cm³/mol. The van der Waals surface area contributed by atoms with Gasteiger partial charge in [0.15, 0.2) is 0 Å². The summed E-state index contributed by atoms with van der Waals surface area (Å²) in [6, 6.07) is 26.4. The van der Waals surface area contributed by atoms with Crippen molar-refractivity contribution in [3.63, 3.8) is 0 Å². The maximum absolute atomic E-state index is 12.3. The summed E-state index contributed by atoms with van der Waals surface area (Å²) in [5.74, 6) is -0.764. The fourth-order valence-corrected chi connectivity index (χ4v) is 3.13. The van der Waals surface area contributed by atoms with Gasteiger partial charge in [0.05, 0.1) is 11.2 Å². The van der Waals surface area contributed by atoms with Gasteiger partial charge in [0.2, 0.25) is 0 Å². The number of ether oxygens (including phenoxy) is 1. The lowest BCUT2D eigenvalue weighted by Crippen LogP contribution is -2.35. The van der Waals surface area contributed by atoms with E-state index in [2.05, 4.69) is 15.6 Å². The molecule has 0 bridgehead atoms. The molecule has 0 radical (unpaired) electrons. The fraction of sp³-hybridized carbons (Fsp3) is 0.0800. The van der Waals surface area contributed by atoms with Crippen molar-refractivity contribution in [1.82, 2.24) is 10.3 Å². The number of hydrogen-bond acceptors (Lipinski definition) is 4. The Bertz CT molecular complexity index is 1200. The smallest absolute Gasteiger partial charge is 0.313 e. The number of benzene rings is 3. The highest BCUT2D eigenvalue weighted by Crippen LogP contribution is 2.20. The second-order valence-corrected chi connectivity index (χ2v) is 6.94. The highest BCUT2D eigenvalue weighted by Gasteiger charge is 2.15. The van der Waals surface area contributed by atoms with E-state index in [1.165, 1.54) is 0 Å². The summed E-state index contributed by atoms with van der Waals surface area (Å²) in [5, 5.41) is 6.16. The molecule has 6 heteroatoms. The number of carbonyl (C=O) groups is 2. The number of fused-ring (bicyclic) bond motifs is 1. The number of nitrogens with zero attached hydrogens (tertiary/aromatic N) is 1. The van der Waals surface area contributed by atoms with Gasteiger partial charge in [0, 0.05) is 18.1 Å². The third kappa shape index (κ3) is 5.25. The number of aromatic nitrogens is 1. The standard InChI is InChI=1S/C25H21N3O3/c29-24(25(30)28-22-13-5-10-20-11-6-14-26-23(20)22)27-16-19-9-4-12-21(15-19)31-17-18-7-2-1-3-8-18/h1-15H,16-17H2,(H,27,29)(H,28,30). The van der Waals surface area contributed by atoms with E-state index in [1.54, 1.807) is 18.3 Å². The van der Waals surface area contributed by atoms with Crippen LogP contribution in [0.3, 0.4) is 0 Å². The van der Waals surface area contributed by atoms with E-state index in [0.29, 0.717) is 23.6 Å². The maximum atomic E-state index is 12.3. The molecule has 0 aliphatic carbocycles. The van der Waals surface area contributed by atoms with Gasteiger partial charge in [-0.15, -0.1) is 0 Å². The van der Waals surface area contributed by atoms with E-state index in [9.17, 15) is 9.59 Å². The molecule has 4 rings (SSSR count). The predicted octanol–water partition coefficient (Wildman–Crippen LogP) is 4.07. The van der Waals surface area contributed by atoms with E-state index < -0.39 is 11.8 Å². The first-order valence-electron chi connectivity index (χ1n) is 9.87. The Morgan fingerprint density at radius 1 is 0.806 bits per heavy atom. The van der Waals surface area contributed by atoms with Gasteiger partial charge < -0.3 is 15.4 Å². The monoisotopic (exact) mass is 411 g/mol. The zero-order valence-corrected chi connectivity index (χ0v) is 16.7. The molecule has 1 aromatic heterocycles. The Hall–Kier alpha value is -4.19. The van der Waals surface area contributed by atoms with Crippen LogP contribution in [0.15, 0.2) is 91.1 Å². The summed E-state index contributed by atoms with van der Waals surface area (Å²) in [7, 11) is 0. The number of nitrogens with one attached hydrogen (secondary N) is 2. The lowest BCUT2D eigenvalue weighted by Gasteiger charge is -2.10. The molecule has 0 atom stereocenters. The van der Waals surface area contributed by atoms with Gasteiger partial charge in [-0.25, -0.2) is 0 Å². The van der Waals surface area contributed by atoms with Gasteiger partial charge in [-0.05, 0) is 35.4 Å². The van der Waals surface area contributed by atoms with Crippen molar-refractivity contribution in [3.05, 3.63) is 102 Å². The molecule has 31 heavy (non-hydrogen) atoms. The van der Waals surface area contributed by atoms with Crippen LogP contribution in [-0.2, 0) is 22.7 Å². The summed E-state index contributed by atoms with van der Waals surface area (Å²) in [6.07, 6.45) is 1.64. The largest absolute Gasteiger partial charge is 0.489 e. The highest BCUT2D eigenvalue weighted by atomic mass is 16.5. The van der Waals surface area contributed by atoms with Crippen molar-refractivity contribution in [2.75, 3.05) is 5.32 Å². The molecule has 6 nitrogen and oxygen atoms in total. The molecule has 0 spiro atoms. The first-order chi connectivity index (χ1) is 15.2. The number of anilines is 1. The third-order valence-electron chi connectivity index (χ3n) is 4.69. The van der Waals surface area contributed by atoms with Gasteiger partial charge in [-0.2, -0.15) is 0 Å². The minimum atomic E-state index is -0.741. The van der Waals surface area contributed by atoms with Gasteiger partial charge in [-0.3, -0.25) is 14.6 Å². The van der Waals surface area contributed by atoms with Gasteiger partial charge in [0.1, 0.15) is 12.4 Å². The van der Waals surface area contributed by atoms with Crippen molar-refractivity contribution in [2.45, 2.75) is 13.2 Å². The van der Waals surface area contributed by atoms with E-state index in [1.807, 2.05) is 72.8 Å². The Labute approximate surface area is 179 Å². The van der Waals surface area contributed by atoms with Gasteiger partial charge in [-0.1, -0.05) is 60.7 Å². The first kappa shape index (κ1) is 20.1. The van der Waals surface area contributed by atoms with Crippen molar-refractivity contribution >= 4 is 28.4 Å². The molecule has 0 fully saturated rings. The normalized spacial score (nSPS) is 10.5. The number of pyridine rings is 1. The van der Waals surface area contributed by atoms with Crippen molar-refractivity contribution in [1.29, 1.82) is 0 Å². The van der Waals surface area contributed by atoms with Crippen molar-refractivity contribution < 1.29 is 14.3 Å². The number of para-hydroxylation sites is 1. The van der Waals surface area contributed by atoms with E-state index in [-0.39, 0.29) is 6.54 Å². The molecule has 2 amide bonds. The van der Waals surface area contributed by atoms with Gasteiger partial charge in [0.25, 0.3) is 0 Å². The molecule has 0 saturated heterocycles. The fourth-order valence-electron chi connectivity index (χ4n) is 3.13. The SMILES string of the molecule is O=C(NCc1cccc(OCc2ccccc2)c1)C(=O)Nc1cccc2cccnc12. The van der Waals surface area contributed by atoms with E-state index in [4.69, 9.17) is 4.74 Å². The molecule has 0 saturated carbocycles. The molecule has 3 aromatic carbocycles.